The number of hydrogen-bond donors (Lipinski definition) is 1. The number of alkyl halides is 2. The van der Waals surface area contributed by atoms with Gasteiger partial charge in [-0.1, -0.05) is 17.7 Å². The third-order valence-corrected chi connectivity index (χ3v) is 5.27. The van der Waals surface area contributed by atoms with Crippen LogP contribution >= 0.6 is 11.6 Å². The van der Waals surface area contributed by atoms with Gasteiger partial charge in [0.1, 0.15) is 17.6 Å². The first-order chi connectivity index (χ1) is 13.3. The summed E-state index contributed by atoms with van der Waals surface area (Å²) >= 11 is 5.86. The third-order valence-electron chi connectivity index (χ3n) is 5.03. The molecule has 1 saturated carbocycles. The van der Waals surface area contributed by atoms with E-state index in [0.717, 1.165) is 6.07 Å². The predicted molar refractivity (Wildman–Crippen MR) is 96.0 cm³/mol. The molecular formula is C19H15ClF3N3O2. The number of nitrogens with zero attached hydrogens (tertiary/aromatic N) is 2. The number of pyridine rings is 1. The molecule has 0 spiro atoms. The highest BCUT2D eigenvalue weighted by Gasteiger charge is 2.64. The van der Waals surface area contributed by atoms with Crippen LogP contribution in [0.4, 0.5) is 13.2 Å². The van der Waals surface area contributed by atoms with Crippen LogP contribution in [0.1, 0.15) is 28.0 Å². The molecule has 0 amide bonds. The van der Waals surface area contributed by atoms with Crippen LogP contribution in [0.5, 0.6) is 0 Å². The van der Waals surface area contributed by atoms with Crippen LogP contribution in [-0.2, 0) is 16.7 Å². The number of ketones is 1. The molecule has 146 valence electrons. The average Bonchev–Trinajstić information content (AvgIpc) is 3.42. The normalized spacial score (nSPS) is 25.7. The van der Waals surface area contributed by atoms with Crippen molar-refractivity contribution < 1.29 is 22.7 Å². The number of carbonyl (C=O) groups is 1. The molecule has 1 aliphatic carbocycles. The zero-order valence-electron chi connectivity index (χ0n) is 14.4. The summed E-state index contributed by atoms with van der Waals surface area (Å²) < 4.78 is 48.0. The first-order valence-electron chi connectivity index (χ1n) is 8.55. The number of ether oxygens (including phenoxy) is 1. The zero-order chi connectivity index (χ0) is 20.1. The number of benzene rings is 1. The average molecular weight is 410 g/mol. The van der Waals surface area contributed by atoms with E-state index < -0.39 is 29.8 Å². The van der Waals surface area contributed by atoms with Crippen LogP contribution in [0, 0.1) is 11.7 Å². The van der Waals surface area contributed by atoms with Gasteiger partial charge in [-0.3, -0.25) is 9.78 Å². The molecule has 9 heteroatoms. The van der Waals surface area contributed by atoms with Gasteiger partial charge in [-0.15, -0.1) is 0 Å². The molecule has 2 heterocycles. The van der Waals surface area contributed by atoms with E-state index >= 15 is 0 Å². The lowest BCUT2D eigenvalue weighted by Crippen LogP contribution is -2.43. The van der Waals surface area contributed by atoms with Crippen molar-refractivity contribution in [2.45, 2.75) is 30.9 Å². The van der Waals surface area contributed by atoms with Gasteiger partial charge in [-0.25, -0.2) is 18.2 Å². The molecule has 1 aromatic carbocycles. The van der Waals surface area contributed by atoms with Gasteiger partial charge < -0.3 is 10.5 Å². The molecule has 0 unspecified atom stereocenters. The fourth-order valence-corrected chi connectivity index (χ4v) is 3.78. The Hall–Kier alpha value is -2.61. The van der Waals surface area contributed by atoms with Gasteiger partial charge in [-0.05, 0) is 36.2 Å². The SMILES string of the molecule is NC1=N[C@@](c2cc(CC(=O)c3cc(Cl)ccn3)ccc2F)(C(F)F)[C@H]2C[C@H]2O1. The number of halogens is 4. The molecule has 1 aliphatic heterocycles. The first-order valence-corrected chi connectivity index (χ1v) is 8.93. The predicted octanol–water partition coefficient (Wildman–Crippen LogP) is 3.49. The quantitative estimate of drug-likeness (QED) is 0.767. The fraction of sp³-hybridized carbons (Fsp3) is 0.316. The maximum absolute atomic E-state index is 14.6. The van der Waals surface area contributed by atoms with Crippen molar-refractivity contribution in [2.24, 2.45) is 16.6 Å². The largest absolute Gasteiger partial charge is 0.462 e. The summed E-state index contributed by atoms with van der Waals surface area (Å²) in [5.41, 5.74) is 3.65. The molecular weight excluding hydrogens is 395 g/mol. The van der Waals surface area contributed by atoms with Crippen molar-refractivity contribution in [1.29, 1.82) is 0 Å². The van der Waals surface area contributed by atoms with Crippen molar-refractivity contribution >= 4 is 23.4 Å². The summed E-state index contributed by atoms with van der Waals surface area (Å²) in [5, 5.41) is 0.349. The summed E-state index contributed by atoms with van der Waals surface area (Å²) in [7, 11) is 0. The van der Waals surface area contributed by atoms with Crippen molar-refractivity contribution in [3.8, 4) is 0 Å². The Morgan fingerprint density at radius 1 is 1.36 bits per heavy atom. The smallest absolute Gasteiger partial charge is 0.283 e. The lowest BCUT2D eigenvalue weighted by Gasteiger charge is -2.33. The molecule has 0 bridgehead atoms. The van der Waals surface area contributed by atoms with Crippen molar-refractivity contribution in [1.82, 2.24) is 4.98 Å². The van der Waals surface area contributed by atoms with E-state index in [1.54, 1.807) is 0 Å². The summed E-state index contributed by atoms with van der Waals surface area (Å²) in [6, 6.07) is 6.24. The van der Waals surface area contributed by atoms with Crippen LogP contribution in [0.15, 0.2) is 41.5 Å². The molecule has 0 saturated heterocycles. The zero-order valence-corrected chi connectivity index (χ0v) is 15.2. The molecule has 28 heavy (non-hydrogen) atoms. The maximum atomic E-state index is 14.6. The van der Waals surface area contributed by atoms with Crippen LogP contribution in [0.2, 0.25) is 5.02 Å². The topological polar surface area (TPSA) is 77.6 Å². The Balaban J connectivity index is 1.71. The van der Waals surface area contributed by atoms with Gasteiger partial charge in [0.05, 0.1) is 0 Å². The Morgan fingerprint density at radius 3 is 2.86 bits per heavy atom. The number of rotatable bonds is 5. The number of fused-ring (bicyclic) bond motifs is 1. The second-order valence-electron chi connectivity index (χ2n) is 6.85. The molecule has 0 radical (unpaired) electrons. The van der Waals surface area contributed by atoms with Crippen molar-refractivity contribution in [3.05, 3.63) is 64.2 Å². The molecule has 4 rings (SSSR count). The van der Waals surface area contributed by atoms with E-state index in [-0.39, 0.29) is 29.5 Å². The third kappa shape index (κ3) is 3.11. The van der Waals surface area contributed by atoms with Crippen molar-refractivity contribution in [3.63, 3.8) is 0 Å². The summed E-state index contributed by atoms with van der Waals surface area (Å²) in [5.74, 6) is -1.87. The molecule has 2 N–H and O–H groups in total. The number of aromatic nitrogens is 1. The number of Topliss-reactive ketones (excluding diaryl/α,β-unsaturated/α-hetero) is 1. The molecule has 3 atom stereocenters. The Morgan fingerprint density at radius 2 is 2.14 bits per heavy atom. The van der Waals surface area contributed by atoms with Gasteiger partial charge in [0.25, 0.3) is 12.4 Å². The van der Waals surface area contributed by atoms with Gasteiger partial charge in [0, 0.05) is 29.1 Å². The standard InChI is InChI=1S/C19H15ClF3N3O2/c20-10-3-4-25-14(7-10)15(27)6-9-1-2-13(21)11(5-9)19(17(22)23)12-8-16(12)28-18(24)26-19/h1-5,7,12,16-17H,6,8H2,(H2,24,26)/t12-,16+,19+/m0/s1. The Bertz CT molecular complexity index is 985. The highest BCUT2D eigenvalue weighted by atomic mass is 35.5. The monoisotopic (exact) mass is 409 g/mol. The van der Waals surface area contributed by atoms with Gasteiger partial charge in [0.15, 0.2) is 11.3 Å². The van der Waals surface area contributed by atoms with Crippen LogP contribution in [0.25, 0.3) is 0 Å². The number of aliphatic imine (C=N–C) groups is 1. The number of amidine groups is 1. The van der Waals surface area contributed by atoms with E-state index in [1.807, 2.05) is 0 Å². The van der Waals surface area contributed by atoms with E-state index in [0.29, 0.717) is 17.0 Å². The Labute approximate surface area is 163 Å². The molecule has 5 nitrogen and oxygen atoms in total. The van der Waals surface area contributed by atoms with Gasteiger partial charge in [0.2, 0.25) is 0 Å². The second-order valence-corrected chi connectivity index (χ2v) is 7.28. The Kier molecular flexibility index (Phi) is 4.53. The second kappa shape index (κ2) is 6.77. The highest BCUT2D eigenvalue weighted by molar-refractivity contribution is 6.30. The molecule has 2 aromatic rings. The summed E-state index contributed by atoms with van der Waals surface area (Å²) in [6.45, 7) is 0. The van der Waals surface area contributed by atoms with Crippen molar-refractivity contribution in [2.75, 3.05) is 0 Å². The summed E-state index contributed by atoms with van der Waals surface area (Å²) in [4.78, 5) is 20.2. The lowest BCUT2D eigenvalue weighted by molar-refractivity contribution is 0.0176. The molecule has 1 fully saturated rings. The van der Waals surface area contributed by atoms with Crippen LogP contribution in [0.3, 0.4) is 0 Å². The van der Waals surface area contributed by atoms with Crippen LogP contribution in [-0.4, -0.2) is 29.3 Å². The first kappa shape index (κ1) is 18.7. The van der Waals surface area contributed by atoms with Gasteiger partial charge in [-0.2, -0.15) is 0 Å². The van der Waals surface area contributed by atoms with Crippen LogP contribution < -0.4 is 5.73 Å². The van der Waals surface area contributed by atoms with E-state index in [9.17, 15) is 18.0 Å². The minimum atomic E-state index is -2.99. The lowest BCUT2D eigenvalue weighted by atomic mass is 9.83. The highest BCUT2D eigenvalue weighted by Crippen LogP contribution is 2.56. The molecule has 2 aliphatic rings. The van der Waals surface area contributed by atoms with E-state index in [2.05, 4.69) is 9.98 Å². The number of hydrogen-bond acceptors (Lipinski definition) is 5. The minimum Gasteiger partial charge on any atom is -0.462 e. The number of nitrogens with two attached hydrogens (primary N) is 1. The fourth-order valence-electron chi connectivity index (χ4n) is 3.62. The van der Waals surface area contributed by atoms with E-state index in [1.165, 1.54) is 30.5 Å². The maximum Gasteiger partial charge on any atom is 0.283 e. The van der Waals surface area contributed by atoms with E-state index in [4.69, 9.17) is 22.1 Å². The number of carbonyl (C=O) groups excluding carboxylic acids is 1. The summed E-state index contributed by atoms with van der Waals surface area (Å²) in [6.07, 6.45) is -1.94. The molecule has 1 aromatic heterocycles. The minimum absolute atomic E-state index is 0.137. The van der Waals surface area contributed by atoms with Gasteiger partial charge >= 0.3 is 0 Å².